The largest absolute Gasteiger partial charge is 0.369 e. The number of benzene rings is 1. The van der Waals surface area contributed by atoms with Gasteiger partial charge < -0.3 is 4.90 Å². The van der Waals surface area contributed by atoms with Crippen LogP contribution in [0.2, 0.25) is 0 Å². The first-order valence-corrected chi connectivity index (χ1v) is 7.38. The van der Waals surface area contributed by atoms with Crippen molar-refractivity contribution in [2.24, 2.45) is 0 Å². The van der Waals surface area contributed by atoms with Crippen LogP contribution in [0.5, 0.6) is 0 Å². The SMILES string of the molecule is [C-]#[N+]c1ccc(N2CCN(CCBr)CC2)cc1C. The minimum absolute atomic E-state index is 0.761. The van der Waals surface area contributed by atoms with Crippen molar-refractivity contribution < 1.29 is 0 Å². The predicted octanol–water partition coefficient (Wildman–Crippen LogP) is 3.06. The van der Waals surface area contributed by atoms with Gasteiger partial charge in [0.25, 0.3) is 0 Å². The van der Waals surface area contributed by atoms with Crippen LogP contribution in [0, 0.1) is 13.5 Å². The summed E-state index contributed by atoms with van der Waals surface area (Å²) in [6.45, 7) is 14.6. The Morgan fingerprint density at radius 2 is 2.00 bits per heavy atom. The number of hydrogen-bond acceptors (Lipinski definition) is 2. The van der Waals surface area contributed by atoms with Crippen molar-refractivity contribution in [1.82, 2.24) is 4.90 Å². The fraction of sp³-hybridized carbons (Fsp3) is 0.500. The molecule has 1 aliphatic heterocycles. The second kappa shape index (κ2) is 6.21. The van der Waals surface area contributed by atoms with Gasteiger partial charge in [-0.25, -0.2) is 4.85 Å². The molecule has 4 heteroatoms. The Balaban J connectivity index is 2.02. The molecule has 0 aromatic heterocycles. The molecule has 3 nitrogen and oxygen atoms in total. The quantitative estimate of drug-likeness (QED) is 0.628. The molecule has 0 spiro atoms. The van der Waals surface area contributed by atoms with Crippen molar-refractivity contribution >= 4 is 27.3 Å². The molecule has 0 N–H and O–H groups in total. The molecular weight excluding hydrogens is 290 g/mol. The summed E-state index contributed by atoms with van der Waals surface area (Å²) in [5, 5.41) is 1.05. The smallest absolute Gasteiger partial charge is 0.190 e. The molecule has 1 aliphatic rings. The Labute approximate surface area is 117 Å². The fourth-order valence-corrected chi connectivity index (χ4v) is 2.81. The first kappa shape index (κ1) is 13.4. The number of anilines is 1. The van der Waals surface area contributed by atoms with Crippen LogP contribution in [0.1, 0.15) is 5.56 Å². The maximum Gasteiger partial charge on any atom is 0.190 e. The van der Waals surface area contributed by atoms with Gasteiger partial charge in [0.1, 0.15) is 0 Å². The molecular formula is C14H18BrN3. The second-order valence-electron chi connectivity index (χ2n) is 4.60. The summed E-state index contributed by atoms with van der Waals surface area (Å²) in [7, 11) is 0. The van der Waals surface area contributed by atoms with Gasteiger partial charge in [0, 0.05) is 43.7 Å². The first-order chi connectivity index (χ1) is 8.74. The lowest BCUT2D eigenvalue weighted by atomic mass is 10.1. The van der Waals surface area contributed by atoms with Gasteiger partial charge in [-0.2, -0.15) is 0 Å². The number of rotatable bonds is 3. The monoisotopic (exact) mass is 307 g/mol. The Morgan fingerprint density at radius 1 is 1.28 bits per heavy atom. The van der Waals surface area contributed by atoms with E-state index in [1.807, 2.05) is 13.0 Å². The molecule has 1 aromatic carbocycles. The van der Waals surface area contributed by atoms with Crippen molar-refractivity contribution in [1.29, 1.82) is 0 Å². The Morgan fingerprint density at radius 3 is 2.56 bits per heavy atom. The number of nitrogens with zero attached hydrogens (tertiary/aromatic N) is 3. The van der Waals surface area contributed by atoms with Crippen LogP contribution in [0.15, 0.2) is 18.2 Å². The number of aryl methyl sites for hydroxylation is 1. The Bertz CT molecular complexity index is 445. The Hall–Kier alpha value is -1.05. The molecule has 1 heterocycles. The lowest BCUT2D eigenvalue weighted by molar-refractivity contribution is 0.274. The zero-order chi connectivity index (χ0) is 13.0. The van der Waals surface area contributed by atoms with Crippen LogP contribution >= 0.6 is 15.9 Å². The van der Waals surface area contributed by atoms with E-state index in [1.54, 1.807) is 0 Å². The molecule has 0 amide bonds. The third-order valence-electron chi connectivity index (χ3n) is 3.44. The summed E-state index contributed by atoms with van der Waals surface area (Å²) in [4.78, 5) is 8.40. The maximum atomic E-state index is 7.07. The zero-order valence-corrected chi connectivity index (χ0v) is 12.3. The molecule has 96 valence electrons. The lowest BCUT2D eigenvalue weighted by Crippen LogP contribution is -2.46. The predicted molar refractivity (Wildman–Crippen MR) is 79.9 cm³/mol. The molecule has 0 radical (unpaired) electrons. The van der Waals surface area contributed by atoms with Crippen molar-refractivity contribution in [2.45, 2.75) is 6.92 Å². The van der Waals surface area contributed by atoms with E-state index in [2.05, 4.69) is 42.7 Å². The van der Waals surface area contributed by atoms with Crippen LogP contribution in [0.3, 0.4) is 0 Å². The topological polar surface area (TPSA) is 10.8 Å². The van der Waals surface area contributed by atoms with Crippen LogP contribution in [-0.2, 0) is 0 Å². The van der Waals surface area contributed by atoms with E-state index < -0.39 is 0 Å². The normalized spacial score (nSPS) is 16.6. The molecule has 0 atom stereocenters. The van der Waals surface area contributed by atoms with Gasteiger partial charge in [-0.15, -0.1) is 0 Å². The molecule has 1 saturated heterocycles. The molecule has 0 saturated carbocycles. The van der Waals surface area contributed by atoms with Gasteiger partial charge in [-0.05, 0) is 24.6 Å². The average molecular weight is 308 g/mol. The van der Waals surface area contributed by atoms with Crippen LogP contribution in [-0.4, -0.2) is 43.0 Å². The minimum Gasteiger partial charge on any atom is -0.369 e. The minimum atomic E-state index is 0.761. The van der Waals surface area contributed by atoms with Gasteiger partial charge in [-0.3, -0.25) is 4.90 Å². The number of hydrogen-bond donors (Lipinski definition) is 0. The number of piperazine rings is 1. The maximum absolute atomic E-state index is 7.07. The van der Waals surface area contributed by atoms with E-state index in [1.165, 1.54) is 5.69 Å². The third kappa shape index (κ3) is 3.04. The number of alkyl halides is 1. The summed E-state index contributed by atoms with van der Waals surface area (Å²) in [5.41, 5.74) is 3.08. The van der Waals surface area contributed by atoms with Crippen molar-refractivity contribution in [3.8, 4) is 0 Å². The highest BCUT2D eigenvalue weighted by Gasteiger charge is 2.16. The average Bonchev–Trinajstić information content (AvgIpc) is 2.40. The summed E-state index contributed by atoms with van der Waals surface area (Å²) in [6, 6.07) is 6.14. The van der Waals surface area contributed by atoms with Gasteiger partial charge in [-0.1, -0.05) is 22.0 Å². The molecule has 0 bridgehead atoms. The standard InChI is InChI=1S/C14H18BrN3/c1-12-11-13(3-4-14(12)16-2)18-9-7-17(6-5-15)8-10-18/h3-4,11H,5-10H2,1H3. The fourth-order valence-electron chi connectivity index (χ4n) is 2.31. The summed E-state index contributed by atoms with van der Waals surface area (Å²) >= 11 is 3.49. The van der Waals surface area contributed by atoms with E-state index in [0.29, 0.717) is 0 Å². The van der Waals surface area contributed by atoms with Crippen LogP contribution in [0.4, 0.5) is 11.4 Å². The summed E-state index contributed by atoms with van der Waals surface area (Å²) in [5.74, 6) is 0. The third-order valence-corrected chi connectivity index (χ3v) is 3.79. The van der Waals surface area contributed by atoms with E-state index in [4.69, 9.17) is 6.57 Å². The van der Waals surface area contributed by atoms with Gasteiger partial charge in [0.15, 0.2) is 5.69 Å². The van der Waals surface area contributed by atoms with Crippen molar-refractivity contribution in [3.63, 3.8) is 0 Å². The summed E-state index contributed by atoms with van der Waals surface area (Å²) in [6.07, 6.45) is 0. The second-order valence-corrected chi connectivity index (χ2v) is 5.39. The van der Waals surface area contributed by atoms with E-state index >= 15 is 0 Å². The van der Waals surface area contributed by atoms with Crippen molar-refractivity contribution in [2.75, 3.05) is 43.0 Å². The first-order valence-electron chi connectivity index (χ1n) is 6.26. The van der Waals surface area contributed by atoms with Crippen molar-refractivity contribution in [3.05, 3.63) is 35.2 Å². The number of halogens is 1. The van der Waals surface area contributed by atoms with Gasteiger partial charge in [0.05, 0.1) is 6.57 Å². The molecule has 18 heavy (non-hydrogen) atoms. The van der Waals surface area contributed by atoms with Crippen LogP contribution in [0.25, 0.3) is 4.85 Å². The van der Waals surface area contributed by atoms with Crippen LogP contribution < -0.4 is 4.90 Å². The molecule has 1 aromatic rings. The van der Waals surface area contributed by atoms with E-state index in [9.17, 15) is 0 Å². The van der Waals surface area contributed by atoms with Gasteiger partial charge in [0.2, 0.25) is 0 Å². The van der Waals surface area contributed by atoms with E-state index in [0.717, 1.165) is 49.3 Å². The molecule has 0 aliphatic carbocycles. The molecule has 0 unspecified atom stereocenters. The highest BCUT2D eigenvalue weighted by Crippen LogP contribution is 2.25. The Kier molecular flexibility index (Phi) is 4.62. The zero-order valence-electron chi connectivity index (χ0n) is 10.7. The lowest BCUT2D eigenvalue weighted by Gasteiger charge is -2.36. The van der Waals surface area contributed by atoms with E-state index in [-0.39, 0.29) is 0 Å². The van der Waals surface area contributed by atoms with Gasteiger partial charge >= 0.3 is 0 Å². The molecule has 1 fully saturated rings. The molecule has 2 rings (SSSR count). The highest BCUT2D eigenvalue weighted by atomic mass is 79.9. The summed E-state index contributed by atoms with van der Waals surface area (Å²) < 4.78 is 0. The highest BCUT2D eigenvalue weighted by molar-refractivity contribution is 9.09.